The number of nitrogens with one attached hydrogen (secondary N) is 2. The van der Waals surface area contributed by atoms with Gasteiger partial charge in [0.25, 0.3) is 11.8 Å². The average Bonchev–Trinajstić information content (AvgIpc) is 3.17. The first kappa shape index (κ1) is 19.2. The average molecular weight is 388 g/mol. The van der Waals surface area contributed by atoms with Crippen molar-refractivity contribution in [3.8, 4) is 0 Å². The normalized spacial score (nSPS) is 11.1. The molecule has 0 atom stereocenters. The van der Waals surface area contributed by atoms with Gasteiger partial charge in [-0.05, 0) is 61.0 Å². The maximum absolute atomic E-state index is 12.8. The number of furan rings is 1. The van der Waals surface area contributed by atoms with E-state index < -0.39 is 23.6 Å². The molecule has 0 spiro atoms. The zero-order chi connectivity index (χ0) is 20.3. The van der Waals surface area contributed by atoms with Crippen LogP contribution in [0.5, 0.6) is 0 Å². The molecule has 28 heavy (non-hydrogen) atoms. The summed E-state index contributed by atoms with van der Waals surface area (Å²) in [5.41, 5.74) is 0.518. The van der Waals surface area contributed by atoms with Gasteiger partial charge in [-0.15, -0.1) is 0 Å². The van der Waals surface area contributed by atoms with Crippen LogP contribution in [0, 0.1) is 6.92 Å². The SMILES string of the molecule is Cc1cc(C(=O)Nc2cccc(C(F)(F)F)c2)ccc1NC(=O)c1ccco1. The van der Waals surface area contributed by atoms with E-state index in [0.717, 1.165) is 12.1 Å². The lowest BCUT2D eigenvalue weighted by Crippen LogP contribution is -2.15. The Morgan fingerprint density at radius 2 is 1.71 bits per heavy atom. The molecule has 2 aromatic carbocycles. The van der Waals surface area contributed by atoms with Crippen molar-refractivity contribution in [2.24, 2.45) is 0 Å². The Labute approximate surface area is 158 Å². The summed E-state index contributed by atoms with van der Waals surface area (Å²) in [6.45, 7) is 1.69. The van der Waals surface area contributed by atoms with Crippen LogP contribution in [0.15, 0.2) is 65.3 Å². The molecule has 0 unspecified atom stereocenters. The van der Waals surface area contributed by atoms with E-state index in [1.165, 1.54) is 42.7 Å². The Hall–Kier alpha value is -3.55. The van der Waals surface area contributed by atoms with Crippen LogP contribution in [0.3, 0.4) is 0 Å². The molecule has 0 aliphatic rings. The third-order valence-corrected chi connectivity index (χ3v) is 3.93. The summed E-state index contributed by atoms with van der Waals surface area (Å²) in [5, 5.41) is 5.10. The highest BCUT2D eigenvalue weighted by atomic mass is 19.4. The maximum atomic E-state index is 12.8. The molecule has 8 heteroatoms. The van der Waals surface area contributed by atoms with Gasteiger partial charge in [0.05, 0.1) is 11.8 Å². The maximum Gasteiger partial charge on any atom is 0.416 e. The van der Waals surface area contributed by atoms with E-state index in [1.807, 2.05) is 0 Å². The van der Waals surface area contributed by atoms with E-state index >= 15 is 0 Å². The highest BCUT2D eigenvalue weighted by molar-refractivity contribution is 6.06. The van der Waals surface area contributed by atoms with Gasteiger partial charge in [-0.3, -0.25) is 9.59 Å². The molecule has 1 aromatic heterocycles. The van der Waals surface area contributed by atoms with Gasteiger partial charge in [0.2, 0.25) is 0 Å². The Morgan fingerprint density at radius 1 is 0.929 bits per heavy atom. The molecule has 2 N–H and O–H groups in total. The second-order valence-electron chi connectivity index (χ2n) is 5.99. The van der Waals surface area contributed by atoms with Crippen molar-refractivity contribution >= 4 is 23.2 Å². The van der Waals surface area contributed by atoms with E-state index in [4.69, 9.17) is 4.42 Å². The van der Waals surface area contributed by atoms with Gasteiger partial charge in [0, 0.05) is 16.9 Å². The van der Waals surface area contributed by atoms with Crippen molar-refractivity contribution in [3.05, 3.63) is 83.3 Å². The Morgan fingerprint density at radius 3 is 2.36 bits per heavy atom. The van der Waals surface area contributed by atoms with Crippen LogP contribution in [-0.4, -0.2) is 11.8 Å². The van der Waals surface area contributed by atoms with Crippen molar-refractivity contribution < 1.29 is 27.2 Å². The van der Waals surface area contributed by atoms with Crippen LogP contribution in [-0.2, 0) is 6.18 Å². The van der Waals surface area contributed by atoms with Gasteiger partial charge in [-0.2, -0.15) is 13.2 Å². The molecule has 0 aliphatic carbocycles. The van der Waals surface area contributed by atoms with Gasteiger partial charge in [0.15, 0.2) is 5.76 Å². The minimum atomic E-state index is -4.49. The van der Waals surface area contributed by atoms with Crippen LogP contribution >= 0.6 is 0 Å². The third kappa shape index (κ3) is 4.40. The Kier molecular flexibility index (Phi) is 5.21. The number of halogens is 3. The van der Waals surface area contributed by atoms with E-state index in [-0.39, 0.29) is 17.0 Å². The summed E-state index contributed by atoms with van der Waals surface area (Å²) in [7, 11) is 0. The molecule has 0 fully saturated rings. The van der Waals surface area contributed by atoms with Gasteiger partial charge >= 0.3 is 6.18 Å². The molecule has 0 saturated heterocycles. The molecule has 0 radical (unpaired) electrons. The lowest BCUT2D eigenvalue weighted by molar-refractivity contribution is -0.137. The number of rotatable bonds is 4. The smallest absolute Gasteiger partial charge is 0.416 e. The molecular weight excluding hydrogens is 373 g/mol. The minimum absolute atomic E-state index is 0.0349. The molecule has 3 rings (SSSR count). The Balaban J connectivity index is 1.73. The molecule has 144 valence electrons. The van der Waals surface area contributed by atoms with E-state index in [9.17, 15) is 22.8 Å². The van der Waals surface area contributed by atoms with Crippen LogP contribution < -0.4 is 10.6 Å². The van der Waals surface area contributed by atoms with Crippen molar-refractivity contribution in [2.75, 3.05) is 10.6 Å². The van der Waals surface area contributed by atoms with Crippen molar-refractivity contribution in [1.29, 1.82) is 0 Å². The van der Waals surface area contributed by atoms with Crippen LogP contribution in [0.4, 0.5) is 24.5 Å². The van der Waals surface area contributed by atoms with Gasteiger partial charge in [-0.25, -0.2) is 0 Å². The van der Waals surface area contributed by atoms with E-state index in [0.29, 0.717) is 11.3 Å². The summed E-state index contributed by atoms with van der Waals surface area (Å²) in [5.74, 6) is -0.855. The summed E-state index contributed by atoms with van der Waals surface area (Å²) < 4.78 is 43.3. The number of amides is 2. The molecular formula is C20H15F3N2O3. The first-order valence-corrected chi connectivity index (χ1v) is 8.18. The standard InChI is InChI=1S/C20H15F3N2O3/c1-12-10-13(7-8-16(12)25-19(27)17-6-3-9-28-17)18(26)24-15-5-2-4-14(11-15)20(21,22)23/h2-11H,1H3,(H,24,26)(H,25,27). The molecule has 5 nitrogen and oxygen atoms in total. The van der Waals surface area contributed by atoms with Crippen molar-refractivity contribution in [3.63, 3.8) is 0 Å². The summed E-state index contributed by atoms with van der Waals surface area (Å²) >= 11 is 0. The van der Waals surface area contributed by atoms with E-state index in [2.05, 4.69) is 10.6 Å². The number of anilines is 2. The molecule has 2 amide bonds. The monoisotopic (exact) mass is 388 g/mol. The predicted octanol–water partition coefficient (Wildman–Crippen LogP) is 5.11. The fourth-order valence-electron chi connectivity index (χ4n) is 2.51. The van der Waals surface area contributed by atoms with Gasteiger partial charge in [0.1, 0.15) is 0 Å². The fourth-order valence-corrected chi connectivity index (χ4v) is 2.51. The minimum Gasteiger partial charge on any atom is -0.459 e. The molecule has 0 bridgehead atoms. The molecule has 3 aromatic rings. The molecule has 0 aliphatic heterocycles. The lowest BCUT2D eigenvalue weighted by Gasteiger charge is -2.11. The number of carbonyl (C=O) groups excluding carboxylic acids is 2. The second kappa shape index (κ2) is 7.59. The third-order valence-electron chi connectivity index (χ3n) is 3.93. The first-order valence-electron chi connectivity index (χ1n) is 8.18. The van der Waals surface area contributed by atoms with Crippen molar-refractivity contribution in [1.82, 2.24) is 0 Å². The zero-order valence-corrected chi connectivity index (χ0v) is 14.6. The summed E-state index contributed by atoms with van der Waals surface area (Å²) in [4.78, 5) is 24.4. The molecule has 0 saturated carbocycles. The highest BCUT2D eigenvalue weighted by Crippen LogP contribution is 2.30. The van der Waals surface area contributed by atoms with Crippen LogP contribution in [0.25, 0.3) is 0 Å². The zero-order valence-electron chi connectivity index (χ0n) is 14.6. The highest BCUT2D eigenvalue weighted by Gasteiger charge is 2.30. The predicted molar refractivity (Wildman–Crippen MR) is 97.2 cm³/mol. The lowest BCUT2D eigenvalue weighted by atomic mass is 10.1. The van der Waals surface area contributed by atoms with Crippen LogP contribution in [0.2, 0.25) is 0 Å². The van der Waals surface area contributed by atoms with Gasteiger partial charge < -0.3 is 15.1 Å². The fraction of sp³-hybridized carbons (Fsp3) is 0.100. The number of hydrogen-bond acceptors (Lipinski definition) is 3. The van der Waals surface area contributed by atoms with E-state index in [1.54, 1.807) is 13.0 Å². The largest absolute Gasteiger partial charge is 0.459 e. The first-order chi connectivity index (χ1) is 13.2. The number of aryl methyl sites for hydroxylation is 1. The Bertz CT molecular complexity index is 1010. The number of carbonyl (C=O) groups is 2. The van der Waals surface area contributed by atoms with Gasteiger partial charge in [-0.1, -0.05) is 6.07 Å². The second-order valence-corrected chi connectivity index (χ2v) is 5.99. The number of alkyl halides is 3. The summed E-state index contributed by atoms with van der Waals surface area (Å²) in [6, 6.07) is 12.0. The quantitative estimate of drug-likeness (QED) is 0.652. The van der Waals surface area contributed by atoms with Crippen molar-refractivity contribution in [2.45, 2.75) is 13.1 Å². The summed E-state index contributed by atoms with van der Waals surface area (Å²) in [6.07, 6.45) is -3.12. The molecule has 1 heterocycles. The van der Waals surface area contributed by atoms with Crippen LogP contribution in [0.1, 0.15) is 32.0 Å². The topological polar surface area (TPSA) is 71.3 Å². The number of hydrogen-bond donors (Lipinski definition) is 2. The number of benzene rings is 2.